The van der Waals surface area contributed by atoms with E-state index in [0.29, 0.717) is 0 Å². The average Bonchev–Trinajstić information content (AvgIpc) is 2.39. The molecule has 0 bridgehead atoms. The summed E-state index contributed by atoms with van der Waals surface area (Å²) in [6.07, 6.45) is 0. The number of carbonyl (C=O) groups excluding carboxylic acids is 1. The first-order valence-electron chi connectivity index (χ1n) is 6.81. The minimum Gasteiger partial charge on any atom is -0.491 e. The van der Waals surface area contributed by atoms with Gasteiger partial charge < -0.3 is 9.47 Å². The Hall–Kier alpha value is -1.69. The van der Waals surface area contributed by atoms with Crippen LogP contribution >= 0.6 is 0 Å². The van der Waals surface area contributed by atoms with Crippen molar-refractivity contribution in [1.29, 1.82) is 0 Å². The van der Waals surface area contributed by atoms with E-state index in [4.69, 9.17) is 9.47 Å². The van der Waals surface area contributed by atoms with E-state index in [1.807, 2.05) is 13.8 Å². The van der Waals surface area contributed by atoms with Crippen LogP contribution in [0.3, 0.4) is 0 Å². The number of halogens is 2. The molecule has 0 saturated carbocycles. The van der Waals surface area contributed by atoms with Crippen molar-refractivity contribution in [2.75, 3.05) is 13.2 Å². The fourth-order valence-corrected chi connectivity index (χ4v) is 1.88. The van der Waals surface area contributed by atoms with Crippen molar-refractivity contribution in [2.24, 2.45) is 0 Å². The lowest BCUT2D eigenvalue weighted by Gasteiger charge is -2.30. The second kappa shape index (κ2) is 7.36. The zero-order valence-corrected chi connectivity index (χ0v) is 12.7. The highest BCUT2D eigenvalue weighted by atomic mass is 19.2. The molecule has 1 aromatic carbocycles. The molecule has 0 heterocycles. The van der Waals surface area contributed by atoms with Crippen LogP contribution in [0, 0.1) is 11.6 Å². The van der Waals surface area contributed by atoms with E-state index in [-0.39, 0.29) is 25.0 Å². The van der Waals surface area contributed by atoms with Gasteiger partial charge >= 0.3 is 5.97 Å². The van der Waals surface area contributed by atoms with E-state index < -0.39 is 23.1 Å². The van der Waals surface area contributed by atoms with Crippen LogP contribution in [0.1, 0.15) is 27.7 Å². The van der Waals surface area contributed by atoms with E-state index in [1.165, 1.54) is 6.07 Å². The summed E-state index contributed by atoms with van der Waals surface area (Å²) in [7, 11) is 0. The van der Waals surface area contributed by atoms with Gasteiger partial charge in [-0.1, -0.05) is 0 Å². The Balaban J connectivity index is 2.81. The van der Waals surface area contributed by atoms with Crippen molar-refractivity contribution in [3.63, 3.8) is 0 Å². The fraction of sp³-hybridized carbons (Fsp3) is 0.533. The lowest BCUT2D eigenvalue weighted by Crippen LogP contribution is -2.57. The molecule has 1 atom stereocenters. The summed E-state index contributed by atoms with van der Waals surface area (Å²) in [6.45, 7) is 7.31. The van der Waals surface area contributed by atoms with E-state index in [9.17, 15) is 13.6 Å². The normalized spacial score (nSPS) is 13.9. The second-order valence-corrected chi connectivity index (χ2v) is 5.22. The largest absolute Gasteiger partial charge is 0.491 e. The van der Waals surface area contributed by atoms with E-state index >= 15 is 0 Å². The first kappa shape index (κ1) is 17.4. The summed E-state index contributed by atoms with van der Waals surface area (Å²) >= 11 is 0. The monoisotopic (exact) mass is 301 g/mol. The minimum atomic E-state index is -1.07. The summed E-state index contributed by atoms with van der Waals surface area (Å²) in [5.74, 6) is -2.26. The summed E-state index contributed by atoms with van der Waals surface area (Å²) in [5.41, 5.74) is -1.07. The molecule has 0 amide bonds. The van der Waals surface area contributed by atoms with Crippen LogP contribution < -0.4 is 10.1 Å². The molecule has 0 saturated heterocycles. The van der Waals surface area contributed by atoms with Gasteiger partial charge in [-0.2, -0.15) is 0 Å². The topological polar surface area (TPSA) is 47.6 Å². The molecule has 1 rings (SSSR count). The zero-order valence-electron chi connectivity index (χ0n) is 12.7. The first-order valence-corrected chi connectivity index (χ1v) is 6.81. The molecule has 0 aliphatic heterocycles. The van der Waals surface area contributed by atoms with E-state index in [2.05, 4.69) is 5.32 Å². The molecule has 0 spiro atoms. The van der Waals surface area contributed by atoms with Gasteiger partial charge in [-0.15, -0.1) is 0 Å². The molecule has 1 aromatic rings. The van der Waals surface area contributed by atoms with Gasteiger partial charge in [-0.3, -0.25) is 5.32 Å². The first-order chi connectivity index (χ1) is 9.78. The number of hydrogen-bond acceptors (Lipinski definition) is 4. The lowest BCUT2D eigenvalue weighted by atomic mass is 10.0. The molecule has 1 N–H and O–H groups in total. The summed E-state index contributed by atoms with van der Waals surface area (Å²) < 4.78 is 36.4. The van der Waals surface area contributed by atoms with Gasteiger partial charge in [-0.25, -0.2) is 13.6 Å². The quantitative estimate of drug-likeness (QED) is 0.787. The van der Waals surface area contributed by atoms with Gasteiger partial charge in [0.15, 0.2) is 11.6 Å². The summed E-state index contributed by atoms with van der Waals surface area (Å²) in [4.78, 5) is 12.0. The molecular weight excluding hydrogens is 280 g/mol. The van der Waals surface area contributed by atoms with Crippen molar-refractivity contribution in [2.45, 2.75) is 39.3 Å². The Bertz CT molecular complexity index is 494. The van der Waals surface area contributed by atoms with Crippen LogP contribution in [0.5, 0.6) is 5.75 Å². The Morgan fingerprint density at radius 2 is 2.00 bits per heavy atom. The van der Waals surface area contributed by atoms with Crippen LogP contribution in [0.15, 0.2) is 18.2 Å². The molecule has 21 heavy (non-hydrogen) atoms. The Morgan fingerprint density at radius 1 is 1.33 bits per heavy atom. The van der Waals surface area contributed by atoms with Crippen molar-refractivity contribution in [3.05, 3.63) is 29.8 Å². The second-order valence-electron chi connectivity index (χ2n) is 5.22. The molecule has 0 aromatic heterocycles. The third-order valence-corrected chi connectivity index (χ3v) is 2.75. The maximum absolute atomic E-state index is 13.1. The van der Waals surface area contributed by atoms with Gasteiger partial charge in [0.25, 0.3) is 0 Å². The average molecular weight is 301 g/mol. The third kappa shape index (κ3) is 4.97. The van der Waals surface area contributed by atoms with Crippen molar-refractivity contribution < 1.29 is 23.0 Å². The number of rotatable bonds is 7. The molecule has 0 radical (unpaired) electrons. The van der Waals surface area contributed by atoms with Crippen LogP contribution in [-0.4, -0.2) is 30.8 Å². The Morgan fingerprint density at radius 3 is 2.52 bits per heavy atom. The van der Waals surface area contributed by atoms with Gasteiger partial charge in [0.2, 0.25) is 0 Å². The van der Waals surface area contributed by atoms with Crippen molar-refractivity contribution in [1.82, 2.24) is 5.32 Å². The maximum Gasteiger partial charge on any atom is 0.329 e. The fourth-order valence-electron chi connectivity index (χ4n) is 1.88. The smallest absolute Gasteiger partial charge is 0.329 e. The molecule has 4 nitrogen and oxygen atoms in total. The number of ether oxygens (including phenoxy) is 2. The number of hydrogen-bond donors (Lipinski definition) is 1. The standard InChI is InChI=1S/C15H21F2NO3/c1-5-20-14(19)15(4,18-10(2)3)9-21-11-6-7-12(16)13(17)8-11/h6-8,10,18H,5,9H2,1-4H3. The predicted octanol–water partition coefficient (Wildman–Crippen LogP) is 2.66. The highest BCUT2D eigenvalue weighted by Crippen LogP contribution is 2.18. The van der Waals surface area contributed by atoms with E-state index in [0.717, 1.165) is 12.1 Å². The number of esters is 1. The van der Waals surface area contributed by atoms with Gasteiger partial charge in [-0.05, 0) is 39.8 Å². The molecule has 0 fully saturated rings. The predicted molar refractivity (Wildman–Crippen MR) is 75.2 cm³/mol. The molecule has 1 unspecified atom stereocenters. The Labute approximate surface area is 123 Å². The minimum absolute atomic E-state index is 0.0213. The summed E-state index contributed by atoms with van der Waals surface area (Å²) in [5, 5.41) is 3.07. The van der Waals surface area contributed by atoms with Crippen LogP contribution in [0.4, 0.5) is 8.78 Å². The lowest BCUT2D eigenvalue weighted by molar-refractivity contribution is -0.152. The Kier molecular flexibility index (Phi) is 6.08. The molecule has 0 aliphatic rings. The van der Waals surface area contributed by atoms with Gasteiger partial charge in [0, 0.05) is 12.1 Å². The van der Waals surface area contributed by atoms with Crippen molar-refractivity contribution in [3.8, 4) is 5.75 Å². The zero-order chi connectivity index (χ0) is 16.0. The molecular formula is C15H21F2NO3. The molecule has 118 valence electrons. The van der Waals surface area contributed by atoms with Gasteiger partial charge in [0.1, 0.15) is 17.9 Å². The highest BCUT2D eigenvalue weighted by Gasteiger charge is 2.36. The number of carbonyl (C=O) groups is 1. The maximum atomic E-state index is 13.1. The van der Waals surface area contributed by atoms with E-state index in [1.54, 1.807) is 13.8 Å². The highest BCUT2D eigenvalue weighted by molar-refractivity contribution is 5.80. The van der Waals surface area contributed by atoms with Crippen LogP contribution in [-0.2, 0) is 9.53 Å². The van der Waals surface area contributed by atoms with Crippen molar-refractivity contribution >= 4 is 5.97 Å². The number of benzene rings is 1. The van der Waals surface area contributed by atoms with Crippen LogP contribution in [0.2, 0.25) is 0 Å². The summed E-state index contributed by atoms with van der Waals surface area (Å²) in [6, 6.07) is 3.24. The third-order valence-electron chi connectivity index (χ3n) is 2.75. The van der Waals surface area contributed by atoms with Gasteiger partial charge in [0.05, 0.1) is 6.61 Å². The molecule has 0 aliphatic carbocycles. The number of nitrogens with one attached hydrogen (secondary N) is 1. The van der Waals surface area contributed by atoms with Crippen LogP contribution in [0.25, 0.3) is 0 Å². The SMILES string of the molecule is CCOC(=O)C(C)(COc1ccc(F)c(F)c1)NC(C)C. The molecule has 6 heteroatoms.